The average molecular weight is 107 g/mol. The van der Waals surface area contributed by atoms with Gasteiger partial charge in [-0.15, -0.1) is 5.28 Å². The van der Waals surface area contributed by atoms with Gasteiger partial charge in [0.05, 0.1) is 0 Å². The number of hydrazine groups is 1. The van der Waals surface area contributed by atoms with Gasteiger partial charge in [0, 0.05) is 0 Å². The van der Waals surface area contributed by atoms with Gasteiger partial charge in [0.2, 0.25) is 0 Å². The fourth-order valence-electron chi connectivity index (χ4n) is 0. The van der Waals surface area contributed by atoms with Gasteiger partial charge >= 0.3 is 0 Å². The molecular formula is CH7N4O2-. The number of rotatable bonds is 1. The zero-order valence-corrected chi connectivity index (χ0v) is 3.87. The molecule has 7 heavy (non-hydrogen) atoms. The standard InChI is InChI=1S/CH7N4O2/c1-5(3,7)4(2)6/h2-3H2,1H3/q-1. The first kappa shape index (κ1) is 6.76. The summed E-state index contributed by atoms with van der Waals surface area (Å²) in [7, 11) is 0.910. The lowest BCUT2D eigenvalue weighted by Crippen LogP contribution is -2.58. The second-order valence-corrected chi connectivity index (χ2v) is 1.25. The number of nitrogens with zero attached hydrogens (tertiary/aromatic N) is 2. The van der Waals surface area contributed by atoms with E-state index in [1.54, 1.807) is 0 Å². The van der Waals surface area contributed by atoms with Crippen LogP contribution in [0.4, 0.5) is 0 Å². The van der Waals surface area contributed by atoms with Crippen molar-refractivity contribution in [1.29, 1.82) is 0 Å². The summed E-state index contributed by atoms with van der Waals surface area (Å²) < 4.78 is 0. The van der Waals surface area contributed by atoms with Crippen LogP contribution in [0, 0.1) is 10.4 Å². The minimum Gasteiger partial charge on any atom is -0.723 e. The molecule has 0 fully saturated rings. The first-order valence-electron chi connectivity index (χ1n) is 1.53. The molecule has 1 unspecified atom stereocenters. The van der Waals surface area contributed by atoms with Crippen molar-refractivity contribution in [2.45, 2.75) is 0 Å². The molecule has 44 valence electrons. The van der Waals surface area contributed by atoms with E-state index in [0.717, 1.165) is 7.05 Å². The molecule has 0 amide bonds. The van der Waals surface area contributed by atoms with Crippen molar-refractivity contribution in [2.75, 3.05) is 7.05 Å². The summed E-state index contributed by atoms with van der Waals surface area (Å²) in [5.41, 5.74) is 0. The molecule has 0 aromatic rings. The maximum atomic E-state index is 10.0. The molecule has 6 heteroatoms. The Balaban J connectivity index is 3.54. The van der Waals surface area contributed by atoms with Gasteiger partial charge in [-0.3, -0.25) is 0 Å². The fraction of sp³-hybridized carbons (Fsp3) is 1.00. The van der Waals surface area contributed by atoms with E-state index in [2.05, 4.69) is 11.7 Å². The average Bonchev–Trinajstić information content (AvgIpc) is 1.31. The van der Waals surface area contributed by atoms with E-state index in [0.29, 0.717) is 0 Å². The Labute approximate surface area is 40.6 Å². The topological polar surface area (TPSA) is 101 Å². The van der Waals surface area contributed by atoms with Crippen LogP contribution in [0.1, 0.15) is 0 Å². The smallest absolute Gasteiger partial charge is 0.105 e. The molecule has 0 aromatic heterocycles. The predicted octanol–water partition coefficient (Wildman–Crippen LogP) is -1.61. The summed E-state index contributed by atoms with van der Waals surface area (Å²) in [4.78, 5) is -1.64. The van der Waals surface area contributed by atoms with E-state index in [9.17, 15) is 10.4 Å². The molecule has 0 saturated carbocycles. The number of quaternary nitrogens is 1. The normalized spacial score (nSPS) is 19.7. The molecule has 0 aliphatic carbocycles. The van der Waals surface area contributed by atoms with E-state index in [4.69, 9.17) is 0 Å². The zero-order valence-electron chi connectivity index (χ0n) is 3.87. The Morgan fingerprint density at radius 2 is 1.86 bits per heavy atom. The molecule has 0 aromatic carbocycles. The highest BCUT2D eigenvalue weighted by molar-refractivity contribution is 4.21. The van der Waals surface area contributed by atoms with Crippen molar-refractivity contribution in [2.24, 2.45) is 11.7 Å². The van der Waals surface area contributed by atoms with E-state index < -0.39 is 10.1 Å². The maximum Gasteiger partial charge on any atom is 0.105 e. The SMILES string of the molecule is C[N+](N)([O-])N(N)[O-]. The van der Waals surface area contributed by atoms with Gasteiger partial charge in [0.1, 0.15) is 7.05 Å². The second kappa shape index (κ2) is 1.70. The first-order chi connectivity index (χ1) is 2.94. The van der Waals surface area contributed by atoms with Gasteiger partial charge in [-0.2, -0.15) is 5.84 Å². The predicted molar refractivity (Wildman–Crippen MR) is 23.1 cm³/mol. The van der Waals surface area contributed by atoms with E-state index in [-0.39, 0.29) is 0 Å². The summed E-state index contributed by atoms with van der Waals surface area (Å²) in [6.45, 7) is 0. The molecular weight excluding hydrogens is 100 g/mol. The van der Waals surface area contributed by atoms with Crippen LogP contribution in [0.15, 0.2) is 0 Å². The molecule has 0 spiro atoms. The Morgan fingerprint density at radius 1 is 1.71 bits per heavy atom. The molecule has 1 atom stereocenters. The van der Waals surface area contributed by atoms with Crippen molar-refractivity contribution in [3.63, 3.8) is 0 Å². The van der Waals surface area contributed by atoms with Crippen LogP contribution in [0.5, 0.6) is 0 Å². The van der Waals surface area contributed by atoms with Crippen LogP contribution in [0.3, 0.4) is 0 Å². The van der Waals surface area contributed by atoms with E-state index in [1.807, 2.05) is 0 Å². The monoisotopic (exact) mass is 107 g/mol. The lowest BCUT2D eigenvalue weighted by Gasteiger charge is -2.41. The lowest BCUT2D eigenvalue weighted by molar-refractivity contribution is -0.982. The molecule has 0 heterocycles. The maximum absolute atomic E-state index is 10.0. The Morgan fingerprint density at radius 3 is 1.86 bits per heavy atom. The molecule has 6 nitrogen and oxygen atoms in total. The van der Waals surface area contributed by atoms with Gasteiger partial charge in [0.25, 0.3) is 0 Å². The third-order valence-electron chi connectivity index (χ3n) is 0.391. The van der Waals surface area contributed by atoms with Crippen molar-refractivity contribution in [3.05, 3.63) is 10.4 Å². The lowest BCUT2D eigenvalue weighted by atomic mass is 11.4. The van der Waals surface area contributed by atoms with Crippen molar-refractivity contribution >= 4 is 0 Å². The summed E-state index contributed by atoms with van der Waals surface area (Å²) in [5, 5.41) is 19.3. The number of nitrogens with two attached hydrogens (primary N) is 2. The van der Waals surface area contributed by atoms with Crippen LogP contribution in [-0.4, -0.2) is 17.2 Å². The number of hydrogen-bond acceptors (Lipinski definition) is 5. The minimum atomic E-state index is -1.64. The van der Waals surface area contributed by atoms with E-state index >= 15 is 0 Å². The summed E-state index contributed by atoms with van der Waals surface area (Å²) >= 11 is 0. The third kappa shape index (κ3) is 2.45. The molecule has 0 aliphatic heterocycles. The summed E-state index contributed by atoms with van der Waals surface area (Å²) in [6, 6.07) is 0. The number of hydroxylamine groups is 1. The van der Waals surface area contributed by atoms with Gasteiger partial charge in [0.15, 0.2) is 0 Å². The van der Waals surface area contributed by atoms with Crippen molar-refractivity contribution < 1.29 is 4.86 Å². The number of hydrogen-bond donors (Lipinski definition) is 2. The fourth-order valence-corrected chi connectivity index (χ4v) is 0. The second-order valence-electron chi connectivity index (χ2n) is 1.25. The Bertz CT molecular complexity index is 55.2. The molecule has 0 rings (SSSR count). The van der Waals surface area contributed by atoms with Gasteiger partial charge in [-0.1, -0.05) is 0 Å². The highest BCUT2D eigenvalue weighted by atomic mass is 16.8. The van der Waals surface area contributed by atoms with E-state index in [1.165, 1.54) is 0 Å². The van der Waals surface area contributed by atoms with Crippen LogP contribution in [0.2, 0.25) is 0 Å². The molecule has 4 N–H and O–H groups in total. The van der Waals surface area contributed by atoms with Gasteiger partial charge < -0.3 is 10.4 Å². The quantitative estimate of drug-likeness (QED) is 0.238. The molecule has 0 aliphatic rings. The van der Waals surface area contributed by atoms with Crippen LogP contribution >= 0.6 is 0 Å². The minimum absolute atomic E-state index is 0.403. The highest BCUT2D eigenvalue weighted by Gasteiger charge is 1.98. The zero-order chi connectivity index (χ0) is 6.08. The third-order valence-corrected chi connectivity index (χ3v) is 0.391. The highest BCUT2D eigenvalue weighted by Crippen LogP contribution is 1.85. The van der Waals surface area contributed by atoms with Crippen LogP contribution in [-0.2, 0) is 0 Å². The Hall–Kier alpha value is -0.240. The summed E-state index contributed by atoms with van der Waals surface area (Å²) in [5.74, 6) is 8.93. The largest absolute Gasteiger partial charge is 0.723 e. The van der Waals surface area contributed by atoms with Gasteiger partial charge in [-0.25, -0.2) is 10.7 Å². The molecule has 0 radical (unpaired) electrons. The molecule has 0 bridgehead atoms. The van der Waals surface area contributed by atoms with Crippen molar-refractivity contribution in [3.8, 4) is 0 Å². The summed E-state index contributed by atoms with van der Waals surface area (Å²) in [6.07, 6.45) is 0. The Kier molecular flexibility index (Phi) is 1.64. The van der Waals surface area contributed by atoms with Crippen molar-refractivity contribution in [1.82, 2.24) is 5.28 Å². The van der Waals surface area contributed by atoms with Crippen LogP contribution < -0.4 is 11.7 Å². The van der Waals surface area contributed by atoms with Crippen LogP contribution in [0.25, 0.3) is 0 Å². The van der Waals surface area contributed by atoms with Gasteiger partial charge in [-0.05, 0) is 0 Å². The first-order valence-corrected chi connectivity index (χ1v) is 1.53. The molecule has 0 saturated heterocycles.